The molecule has 0 saturated heterocycles. The number of allylic oxidation sites excluding steroid dienone is 4. The minimum Gasteiger partial charge on any atom is -0.0885 e. The predicted octanol–water partition coefficient (Wildman–Crippen LogP) is 4.05. The van der Waals surface area contributed by atoms with Gasteiger partial charge in [-0.1, -0.05) is 24.3 Å². The average Bonchev–Trinajstić information content (AvgIpc) is 2.05. The van der Waals surface area contributed by atoms with Gasteiger partial charge in [-0.15, -0.1) is 0 Å². The van der Waals surface area contributed by atoms with E-state index in [4.69, 9.17) is 0 Å². The summed E-state index contributed by atoms with van der Waals surface area (Å²) in [4.78, 5) is 0. The zero-order chi connectivity index (χ0) is 8.49. The van der Waals surface area contributed by atoms with Crippen LogP contribution < -0.4 is 0 Å². The SMILES string of the molecule is [CH]1C/C=C/CCCC/C=C\CC1. The van der Waals surface area contributed by atoms with E-state index in [9.17, 15) is 0 Å². The highest BCUT2D eigenvalue weighted by Gasteiger charge is 1.87. The first kappa shape index (κ1) is 9.57. The van der Waals surface area contributed by atoms with Crippen molar-refractivity contribution in [3.05, 3.63) is 30.7 Å². The first-order valence-corrected chi connectivity index (χ1v) is 5.12. The lowest BCUT2D eigenvalue weighted by atomic mass is 10.1. The summed E-state index contributed by atoms with van der Waals surface area (Å²) in [5.74, 6) is 0. The van der Waals surface area contributed by atoms with Crippen molar-refractivity contribution < 1.29 is 0 Å². The summed E-state index contributed by atoms with van der Waals surface area (Å²) >= 11 is 0. The van der Waals surface area contributed by atoms with E-state index in [0.717, 1.165) is 6.42 Å². The molecule has 12 heavy (non-hydrogen) atoms. The van der Waals surface area contributed by atoms with Gasteiger partial charge < -0.3 is 0 Å². The van der Waals surface area contributed by atoms with Gasteiger partial charge >= 0.3 is 0 Å². The Kier molecular flexibility index (Phi) is 5.70. The molecule has 0 saturated carbocycles. The van der Waals surface area contributed by atoms with E-state index in [1.807, 2.05) is 0 Å². The van der Waals surface area contributed by atoms with Gasteiger partial charge in [-0.2, -0.15) is 0 Å². The summed E-state index contributed by atoms with van der Waals surface area (Å²) < 4.78 is 0. The average molecular weight is 163 g/mol. The van der Waals surface area contributed by atoms with Gasteiger partial charge in [-0.05, 0) is 51.4 Å². The third-order valence-corrected chi connectivity index (χ3v) is 2.17. The van der Waals surface area contributed by atoms with Crippen molar-refractivity contribution in [1.82, 2.24) is 0 Å². The molecule has 0 fully saturated rings. The molecule has 67 valence electrons. The largest absolute Gasteiger partial charge is 0.0885 e. The van der Waals surface area contributed by atoms with Crippen LogP contribution in [0.15, 0.2) is 24.3 Å². The highest BCUT2D eigenvalue weighted by Crippen LogP contribution is 2.07. The molecule has 0 heterocycles. The molecule has 0 aromatic rings. The van der Waals surface area contributed by atoms with Crippen molar-refractivity contribution >= 4 is 0 Å². The molecule has 0 aromatic heterocycles. The first-order valence-electron chi connectivity index (χ1n) is 5.12. The van der Waals surface area contributed by atoms with Crippen molar-refractivity contribution in [1.29, 1.82) is 0 Å². The van der Waals surface area contributed by atoms with Gasteiger partial charge in [-0.25, -0.2) is 0 Å². The molecule has 0 bridgehead atoms. The molecular weight excluding hydrogens is 144 g/mol. The molecule has 1 aliphatic carbocycles. The van der Waals surface area contributed by atoms with Gasteiger partial charge in [0.25, 0.3) is 0 Å². The molecule has 0 heteroatoms. The molecule has 1 radical (unpaired) electrons. The summed E-state index contributed by atoms with van der Waals surface area (Å²) in [5, 5.41) is 0. The van der Waals surface area contributed by atoms with E-state index < -0.39 is 0 Å². The second-order valence-electron chi connectivity index (χ2n) is 3.33. The maximum absolute atomic E-state index is 2.36. The summed E-state index contributed by atoms with van der Waals surface area (Å²) in [6.07, 6.45) is 20.5. The van der Waals surface area contributed by atoms with Gasteiger partial charge in [0.15, 0.2) is 0 Å². The second-order valence-corrected chi connectivity index (χ2v) is 3.33. The third kappa shape index (κ3) is 5.17. The van der Waals surface area contributed by atoms with Crippen molar-refractivity contribution in [3.63, 3.8) is 0 Å². The Hall–Kier alpha value is -0.520. The smallest absolute Gasteiger partial charge is 0.0319 e. The maximum Gasteiger partial charge on any atom is -0.0319 e. The lowest BCUT2D eigenvalue weighted by Crippen LogP contribution is -1.78. The first-order chi connectivity index (χ1) is 6.00. The van der Waals surface area contributed by atoms with Crippen molar-refractivity contribution in [3.8, 4) is 0 Å². The molecule has 0 amide bonds. The highest BCUT2D eigenvalue weighted by atomic mass is 13.9. The minimum atomic E-state index is 1.16. The van der Waals surface area contributed by atoms with Gasteiger partial charge in [0.2, 0.25) is 0 Å². The molecule has 0 spiro atoms. The molecule has 0 aliphatic heterocycles. The van der Waals surface area contributed by atoms with Gasteiger partial charge in [0, 0.05) is 0 Å². The van der Waals surface area contributed by atoms with Crippen LogP contribution in [-0.4, -0.2) is 0 Å². The predicted molar refractivity (Wildman–Crippen MR) is 54.9 cm³/mol. The standard InChI is InChI=1S/C12H19/c1-2-4-6-8-10-12-11-9-7-5-3-1/h1-2,5,11-12H,3-4,6-10H2/b2-1+,12-11-. The fourth-order valence-electron chi connectivity index (χ4n) is 1.40. The van der Waals surface area contributed by atoms with Crippen LogP contribution >= 0.6 is 0 Å². The van der Waals surface area contributed by atoms with E-state index in [1.54, 1.807) is 0 Å². The summed E-state index contributed by atoms with van der Waals surface area (Å²) in [6.45, 7) is 0. The minimum absolute atomic E-state index is 1.16. The van der Waals surface area contributed by atoms with Crippen LogP contribution in [-0.2, 0) is 0 Å². The van der Waals surface area contributed by atoms with Gasteiger partial charge in [0.05, 0.1) is 0 Å². The van der Waals surface area contributed by atoms with E-state index >= 15 is 0 Å². The van der Waals surface area contributed by atoms with Crippen LogP contribution in [0.1, 0.15) is 44.9 Å². The Labute approximate surface area is 76.4 Å². The zero-order valence-corrected chi connectivity index (χ0v) is 7.84. The van der Waals surface area contributed by atoms with Crippen molar-refractivity contribution in [2.75, 3.05) is 0 Å². The summed E-state index contributed by atoms with van der Waals surface area (Å²) in [7, 11) is 0. The molecule has 0 aromatic carbocycles. The topological polar surface area (TPSA) is 0 Å². The Bertz CT molecular complexity index is 108. The molecular formula is C12H19. The second kappa shape index (κ2) is 7.15. The quantitative estimate of drug-likeness (QED) is 0.473. The van der Waals surface area contributed by atoms with E-state index in [0.29, 0.717) is 0 Å². The number of hydrogen-bond donors (Lipinski definition) is 0. The molecule has 0 unspecified atom stereocenters. The Morgan fingerprint density at radius 1 is 0.583 bits per heavy atom. The number of hydrogen-bond acceptors (Lipinski definition) is 0. The Morgan fingerprint density at radius 3 is 2.08 bits per heavy atom. The highest BCUT2D eigenvalue weighted by molar-refractivity contribution is 4.90. The Morgan fingerprint density at radius 2 is 1.25 bits per heavy atom. The van der Waals surface area contributed by atoms with Crippen LogP contribution in [0.5, 0.6) is 0 Å². The molecule has 0 atom stereocenters. The Balaban J connectivity index is 2.18. The monoisotopic (exact) mass is 163 g/mol. The molecule has 0 nitrogen and oxygen atoms in total. The summed E-state index contributed by atoms with van der Waals surface area (Å²) in [6, 6.07) is 0. The van der Waals surface area contributed by atoms with Crippen molar-refractivity contribution in [2.45, 2.75) is 44.9 Å². The third-order valence-electron chi connectivity index (χ3n) is 2.17. The van der Waals surface area contributed by atoms with Crippen LogP contribution in [0, 0.1) is 6.42 Å². The number of rotatable bonds is 0. The fraction of sp³-hybridized carbons (Fsp3) is 0.583. The normalized spacial score (nSPS) is 26.7. The van der Waals surface area contributed by atoms with Crippen LogP contribution in [0.25, 0.3) is 0 Å². The van der Waals surface area contributed by atoms with Crippen LogP contribution in [0.4, 0.5) is 0 Å². The van der Waals surface area contributed by atoms with E-state index in [2.05, 4.69) is 30.7 Å². The lowest BCUT2D eigenvalue weighted by Gasteiger charge is -1.97. The van der Waals surface area contributed by atoms with Gasteiger partial charge in [0.1, 0.15) is 0 Å². The van der Waals surface area contributed by atoms with E-state index in [-0.39, 0.29) is 0 Å². The van der Waals surface area contributed by atoms with Crippen LogP contribution in [0.3, 0.4) is 0 Å². The summed E-state index contributed by atoms with van der Waals surface area (Å²) in [5.41, 5.74) is 0. The van der Waals surface area contributed by atoms with E-state index in [1.165, 1.54) is 38.5 Å². The van der Waals surface area contributed by atoms with Crippen LogP contribution in [0.2, 0.25) is 0 Å². The molecule has 0 N–H and O–H groups in total. The maximum atomic E-state index is 2.36. The molecule has 1 rings (SSSR count). The molecule has 1 aliphatic rings. The van der Waals surface area contributed by atoms with Gasteiger partial charge in [-0.3, -0.25) is 0 Å². The fourth-order valence-corrected chi connectivity index (χ4v) is 1.40. The van der Waals surface area contributed by atoms with Crippen molar-refractivity contribution in [2.24, 2.45) is 0 Å². The zero-order valence-electron chi connectivity index (χ0n) is 7.84. The lowest BCUT2D eigenvalue weighted by molar-refractivity contribution is 0.756.